The second-order valence-electron chi connectivity index (χ2n) is 4.89. The van der Waals surface area contributed by atoms with E-state index >= 15 is 0 Å². The highest BCUT2D eigenvalue weighted by atomic mass is 79.9. The summed E-state index contributed by atoms with van der Waals surface area (Å²) in [6.07, 6.45) is 0. The molecule has 0 fully saturated rings. The number of carbonyl (C=O) groups excluding carboxylic acids is 1. The number of benzene rings is 2. The summed E-state index contributed by atoms with van der Waals surface area (Å²) >= 11 is 6.62. The van der Waals surface area contributed by atoms with Crippen LogP contribution in [0.1, 0.15) is 17.3 Å². The third kappa shape index (κ3) is 3.88. The summed E-state index contributed by atoms with van der Waals surface area (Å²) in [5, 5.41) is 3.79. The predicted octanol–water partition coefficient (Wildman–Crippen LogP) is 5.94. The number of carbonyl (C=O) groups is 1. The Hall–Kier alpha value is -1.63. The first-order valence-corrected chi connectivity index (χ1v) is 10.0. The molecule has 1 aromatic heterocycles. The maximum atomic E-state index is 12.6. The SMILES string of the molecule is CCSc1nc(-c2ccccc2)c(NC(=O)c2ccccc2Br)s1. The molecule has 3 nitrogen and oxygen atoms in total. The third-order valence-electron chi connectivity index (χ3n) is 3.27. The summed E-state index contributed by atoms with van der Waals surface area (Å²) in [4.78, 5) is 17.3. The second kappa shape index (κ2) is 7.96. The lowest BCUT2D eigenvalue weighted by molar-refractivity contribution is 0.102. The van der Waals surface area contributed by atoms with Crippen molar-refractivity contribution in [3.8, 4) is 11.3 Å². The molecule has 1 amide bonds. The Kier molecular flexibility index (Phi) is 5.71. The average molecular weight is 419 g/mol. The van der Waals surface area contributed by atoms with E-state index in [1.807, 2.05) is 48.5 Å². The molecule has 0 spiro atoms. The molecule has 0 aliphatic rings. The van der Waals surface area contributed by atoms with Crippen molar-refractivity contribution in [2.24, 2.45) is 0 Å². The zero-order chi connectivity index (χ0) is 16.9. The molecule has 6 heteroatoms. The highest BCUT2D eigenvalue weighted by Gasteiger charge is 2.17. The first-order chi connectivity index (χ1) is 11.7. The number of rotatable bonds is 5. The van der Waals surface area contributed by atoms with Crippen LogP contribution in [0.5, 0.6) is 0 Å². The van der Waals surface area contributed by atoms with E-state index < -0.39 is 0 Å². The predicted molar refractivity (Wildman–Crippen MR) is 106 cm³/mol. The molecule has 3 aromatic rings. The maximum absolute atomic E-state index is 12.6. The van der Waals surface area contributed by atoms with Gasteiger partial charge in [0, 0.05) is 10.0 Å². The first kappa shape index (κ1) is 17.2. The Balaban J connectivity index is 1.95. The Bertz CT molecular complexity index is 849. The fourth-order valence-electron chi connectivity index (χ4n) is 2.18. The molecule has 0 bridgehead atoms. The molecule has 0 radical (unpaired) electrons. The quantitative estimate of drug-likeness (QED) is 0.521. The van der Waals surface area contributed by atoms with Crippen molar-refractivity contribution in [1.29, 1.82) is 0 Å². The van der Waals surface area contributed by atoms with Crippen LogP contribution in [-0.2, 0) is 0 Å². The van der Waals surface area contributed by atoms with Crippen molar-refractivity contribution in [1.82, 2.24) is 4.98 Å². The van der Waals surface area contributed by atoms with E-state index in [1.165, 1.54) is 11.3 Å². The molecule has 0 saturated heterocycles. The van der Waals surface area contributed by atoms with Gasteiger partial charge in [-0.05, 0) is 33.8 Å². The van der Waals surface area contributed by atoms with Crippen LogP contribution in [-0.4, -0.2) is 16.6 Å². The zero-order valence-corrected chi connectivity index (χ0v) is 16.2. The topological polar surface area (TPSA) is 42.0 Å². The van der Waals surface area contributed by atoms with Gasteiger partial charge in [0.05, 0.1) is 5.56 Å². The summed E-state index contributed by atoms with van der Waals surface area (Å²) in [5.41, 5.74) is 2.42. The Morgan fingerprint density at radius 2 is 1.88 bits per heavy atom. The van der Waals surface area contributed by atoms with Crippen LogP contribution in [0.4, 0.5) is 5.00 Å². The fourth-order valence-corrected chi connectivity index (χ4v) is 4.60. The van der Waals surface area contributed by atoms with Gasteiger partial charge in [0.15, 0.2) is 4.34 Å². The number of thiazole rings is 1. The number of halogens is 1. The van der Waals surface area contributed by atoms with E-state index in [2.05, 4.69) is 28.2 Å². The molecule has 0 saturated carbocycles. The molecule has 1 N–H and O–H groups in total. The van der Waals surface area contributed by atoms with Crippen molar-refractivity contribution in [2.45, 2.75) is 11.3 Å². The normalized spacial score (nSPS) is 10.6. The molecule has 3 rings (SSSR count). The monoisotopic (exact) mass is 418 g/mol. The van der Waals surface area contributed by atoms with Crippen LogP contribution in [0.25, 0.3) is 11.3 Å². The van der Waals surface area contributed by atoms with Crippen LogP contribution in [0.2, 0.25) is 0 Å². The van der Waals surface area contributed by atoms with Gasteiger partial charge in [0.2, 0.25) is 0 Å². The smallest absolute Gasteiger partial charge is 0.257 e. The number of amides is 1. The van der Waals surface area contributed by atoms with Gasteiger partial charge in [0.1, 0.15) is 10.7 Å². The Morgan fingerprint density at radius 1 is 1.17 bits per heavy atom. The van der Waals surface area contributed by atoms with Crippen molar-refractivity contribution in [3.05, 3.63) is 64.6 Å². The third-order valence-corrected chi connectivity index (χ3v) is 5.96. The van der Waals surface area contributed by atoms with Crippen LogP contribution < -0.4 is 5.32 Å². The molecule has 0 unspecified atom stereocenters. The molecule has 0 atom stereocenters. The van der Waals surface area contributed by atoms with E-state index in [1.54, 1.807) is 17.8 Å². The fraction of sp³-hybridized carbons (Fsp3) is 0.111. The number of anilines is 1. The maximum Gasteiger partial charge on any atom is 0.257 e. The van der Waals surface area contributed by atoms with Crippen LogP contribution >= 0.6 is 39.0 Å². The summed E-state index contributed by atoms with van der Waals surface area (Å²) in [7, 11) is 0. The first-order valence-electron chi connectivity index (χ1n) is 7.44. The number of nitrogens with one attached hydrogen (secondary N) is 1. The van der Waals surface area contributed by atoms with Gasteiger partial charge in [0.25, 0.3) is 5.91 Å². The van der Waals surface area contributed by atoms with E-state index in [9.17, 15) is 4.79 Å². The second-order valence-corrected chi connectivity index (χ2v) is 8.26. The highest BCUT2D eigenvalue weighted by molar-refractivity contribution is 9.10. The highest BCUT2D eigenvalue weighted by Crippen LogP contribution is 2.37. The number of aromatic nitrogens is 1. The van der Waals surface area contributed by atoms with Gasteiger partial charge in [-0.25, -0.2) is 4.98 Å². The summed E-state index contributed by atoms with van der Waals surface area (Å²) < 4.78 is 1.73. The average Bonchev–Trinajstić information content (AvgIpc) is 2.99. The summed E-state index contributed by atoms with van der Waals surface area (Å²) in [6.45, 7) is 2.09. The van der Waals surface area contributed by atoms with Crippen molar-refractivity contribution in [3.63, 3.8) is 0 Å². The van der Waals surface area contributed by atoms with E-state index in [0.29, 0.717) is 5.56 Å². The van der Waals surface area contributed by atoms with Crippen LogP contribution in [0.15, 0.2) is 63.4 Å². The summed E-state index contributed by atoms with van der Waals surface area (Å²) in [6, 6.07) is 17.3. The Morgan fingerprint density at radius 3 is 2.58 bits per heavy atom. The molecule has 24 heavy (non-hydrogen) atoms. The van der Waals surface area contributed by atoms with E-state index in [0.717, 1.165) is 30.8 Å². The van der Waals surface area contributed by atoms with Gasteiger partial charge in [-0.2, -0.15) is 0 Å². The largest absolute Gasteiger partial charge is 0.312 e. The molecule has 2 aromatic carbocycles. The van der Waals surface area contributed by atoms with Gasteiger partial charge in [-0.15, -0.1) is 0 Å². The minimum atomic E-state index is -0.142. The van der Waals surface area contributed by atoms with Crippen LogP contribution in [0.3, 0.4) is 0 Å². The van der Waals surface area contributed by atoms with Crippen molar-refractivity contribution >= 4 is 49.9 Å². The number of nitrogens with zero attached hydrogens (tertiary/aromatic N) is 1. The molecule has 1 heterocycles. The summed E-state index contributed by atoms with van der Waals surface area (Å²) in [5.74, 6) is 0.802. The molecule has 122 valence electrons. The minimum Gasteiger partial charge on any atom is -0.312 e. The lowest BCUT2D eigenvalue weighted by Crippen LogP contribution is -2.12. The van der Waals surface area contributed by atoms with E-state index in [-0.39, 0.29) is 5.91 Å². The lowest BCUT2D eigenvalue weighted by atomic mass is 10.1. The van der Waals surface area contributed by atoms with Gasteiger partial charge in [-0.1, -0.05) is 72.5 Å². The van der Waals surface area contributed by atoms with E-state index in [4.69, 9.17) is 4.98 Å². The van der Waals surface area contributed by atoms with Crippen molar-refractivity contribution < 1.29 is 4.79 Å². The lowest BCUT2D eigenvalue weighted by Gasteiger charge is -2.06. The standard InChI is InChI=1S/C18H15BrN2OS2/c1-2-23-18-20-15(12-8-4-3-5-9-12)17(24-18)21-16(22)13-10-6-7-11-14(13)19/h3-11H,2H2,1H3,(H,21,22). The molecular weight excluding hydrogens is 404 g/mol. The zero-order valence-electron chi connectivity index (χ0n) is 13.0. The van der Waals surface area contributed by atoms with Gasteiger partial charge >= 0.3 is 0 Å². The number of thioether (sulfide) groups is 1. The van der Waals surface area contributed by atoms with Crippen molar-refractivity contribution in [2.75, 3.05) is 11.1 Å². The number of hydrogen-bond acceptors (Lipinski definition) is 4. The molecule has 0 aliphatic heterocycles. The van der Waals surface area contributed by atoms with Crippen LogP contribution in [0, 0.1) is 0 Å². The minimum absolute atomic E-state index is 0.142. The Labute approximate surface area is 157 Å². The molecular formula is C18H15BrN2OS2. The molecule has 0 aliphatic carbocycles. The van der Waals surface area contributed by atoms with Gasteiger partial charge in [-0.3, -0.25) is 4.79 Å². The number of hydrogen-bond donors (Lipinski definition) is 1. The van der Waals surface area contributed by atoms with Gasteiger partial charge < -0.3 is 5.32 Å².